The second kappa shape index (κ2) is 20.3. The third-order valence-corrected chi connectivity index (χ3v) is 14.6. The van der Waals surface area contributed by atoms with Gasteiger partial charge in [-0.2, -0.15) is 4.98 Å². The van der Waals surface area contributed by atoms with Crippen molar-refractivity contribution in [1.29, 1.82) is 0 Å². The van der Waals surface area contributed by atoms with Gasteiger partial charge in [0.05, 0.1) is 30.0 Å². The minimum absolute atomic E-state index is 0.0677. The van der Waals surface area contributed by atoms with Crippen LogP contribution in [0.4, 0.5) is 28.8 Å². The van der Waals surface area contributed by atoms with Gasteiger partial charge in [-0.05, 0) is 79.8 Å². The number of carbonyl (C=O) groups excluding carboxylic acids is 4. The second-order valence-corrected chi connectivity index (χ2v) is 18.8. The Morgan fingerprint density at radius 1 is 0.952 bits per heavy atom. The molecule has 62 heavy (non-hydrogen) atoms. The first-order chi connectivity index (χ1) is 30.0. The molecule has 4 heterocycles. The average Bonchev–Trinajstić information content (AvgIpc) is 3.62. The van der Waals surface area contributed by atoms with Crippen LogP contribution >= 0.6 is 31.0 Å². The predicted octanol–water partition coefficient (Wildman–Crippen LogP) is 6.94. The van der Waals surface area contributed by atoms with E-state index >= 15 is 0 Å². The molecule has 0 bridgehead atoms. The molecule has 4 amide bonds. The fourth-order valence-corrected chi connectivity index (χ4v) is 10.3. The van der Waals surface area contributed by atoms with E-state index in [0.717, 1.165) is 67.1 Å². The van der Waals surface area contributed by atoms with E-state index in [0.29, 0.717) is 47.4 Å². The zero-order chi connectivity index (χ0) is 43.8. The normalized spacial score (nSPS) is 16.8. The van der Waals surface area contributed by atoms with E-state index in [1.165, 1.54) is 20.4 Å². The summed E-state index contributed by atoms with van der Waals surface area (Å²) >= 11 is 8.16. The number of imide groups is 1. The molecule has 19 heteroatoms. The zero-order valence-corrected chi connectivity index (χ0v) is 37.2. The van der Waals surface area contributed by atoms with Gasteiger partial charge in [-0.1, -0.05) is 36.2 Å². The maximum absolute atomic E-state index is 13.2. The number of benzene rings is 3. The predicted molar refractivity (Wildman–Crippen MR) is 239 cm³/mol. The highest BCUT2D eigenvalue weighted by atomic mass is 35.5. The number of anilines is 5. The van der Waals surface area contributed by atoms with Gasteiger partial charge in [0.25, 0.3) is 5.91 Å². The molecule has 1 aromatic heterocycles. The van der Waals surface area contributed by atoms with Crippen LogP contribution in [0.3, 0.4) is 0 Å². The van der Waals surface area contributed by atoms with Crippen molar-refractivity contribution in [2.24, 2.45) is 0 Å². The van der Waals surface area contributed by atoms with Crippen LogP contribution in [0.2, 0.25) is 5.02 Å². The molecule has 2 saturated heterocycles. The van der Waals surface area contributed by atoms with E-state index in [1.807, 2.05) is 30.3 Å². The van der Waals surface area contributed by atoms with Crippen molar-refractivity contribution in [3.63, 3.8) is 0 Å². The number of carbonyl (C=O) groups is 4. The third kappa shape index (κ3) is 10.4. The molecule has 0 aliphatic carbocycles. The summed E-state index contributed by atoms with van der Waals surface area (Å²) in [5.41, 5.74) is 3.64. The Kier molecular flexibility index (Phi) is 14.7. The van der Waals surface area contributed by atoms with E-state index in [4.69, 9.17) is 25.4 Å². The van der Waals surface area contributed by atoms with E-state index in [2.05, 4.69) is 36.1 Å². The highest BCUT2D eigenvalue weighted by Gasteiger charge is 2.40. The van der Waals surface area contributed by atoms with Gasteiger partial charge in [0.2, 0.25) is 23.7 Å². The number of piperidine rings is 2. The minimum atomic E-state index is -3.57. The summed E-state index contributed by atoms with van der Waals surface area (Å²) in [6.07, 6.45) is 6.76. The number of amides is 4. The maximum Gasteiger partial charge on any atom is 0.362 e. The van der Waals surface area contributed by atoms with Crippen LogP contribution in [0.1, 0.15) is 67.3 Å². The lowest BCUT2D eigenvalue weighted by atomic mass is 10.0. The summed E-state index contributed by atoms with van der Waals surface area (Å²) in [7, 11) is 0.666. The van der Waals surface area contributed by atoms with Gasteiger partial charge >= 0.3 is 7.60 Å². The standard InChI is InChI=1S/C43H50ClN8O8PS/c1-58-35-24-28(15-16-32(35)48-43-45-25-31(44)40(50-43)47-33-11-6-7-12-36(33)61(57,59-2)60-3)51-21-19-27(20-22-51)46-38(53)14-5-4-8-23-62-37-13-9-10-29-30(37)26-52(42(29)56)34-17-18-39(54)49-41(34)55/h6-7,9-13,15-16,24-25,27,34H,4-5,8,14,17-23,26H2,1-3H3,(H,46,53)(H,49,54,55)(H2,45,47,48,50). The van der Waals surface area contributed by atoms with Gasteiger partial charge < -0.3 is 39.5 Å². The van der Waals surface area contributed by atoms with Crippen molar-refractivity contribution in [3.05, 3.63) is 83.0 Å². The molecular formula is C43H50ClN8O8PS. The molecule has 7 rings (SSSR count). The first-order valence-electron chi connectivity index (χ1n) is 20.5. The average molecular weight is 905 g/mol. The number of fused-ring (bicyclic) bond motifs is 1. The Labute approximate surface area is 369 Å². The van der Waals surface area contributed by atoms with Gasteiger partial charge in [-0.3, -0.25) is 29.1 Å². The van der Waals surface area contributed by atoms with Gasteiger partial charge in [-0.15, -0.1) is 11.8 Å². The molecule has 3 aliphatic heterocycles. The highest BCUT2D eigenvalue weighted by molar-refractivity contribution is 7.99. The maximum atomic E-state index is 13.2. The van der Waals surface area contributed by atoms with Crippen LogP contribution in [0.25, 0.3) is 0 Å². The van der Waals surface area contributed by atoms with Crippen molar-refractivity contribution in [2.45, 2.75) is 74.9 Å². The third-order valence-electron chi connectivity index (χ3n) is 11.2. The topological polar surface area (TPSA) is 193 Å². The summed E-state index contributed by atoms with van der Waals surface area (Å²) in [5, 5.41) is 12.5. The highest BCUT2D eigenvalue weighted by Crippen LogP contribution is 2.47. The van der Waals surface area contributed by atoms with Crippen LogP contribution in [0.15, 0.2) is 71.8 Å². The summed E-state index contributed by atoms with van der Waals surface area (Å²) in [6.45, 7) is 1.90. The van der Waals surface area contributed by atoms with Crippen molar-refractivity contribution >= 4 is 88.7 Å². The number of hydrogen-bond acceptors (Lipinski definition) is 14. The Bertz CT molecular complexity index is 2360. The molecule has 1 atom stereocenters. The summed E-state index contributed by atoms with van der Waals surface area (Å²) in [4.78, 5) is 63.9. The summed E-state index contributed by atoms with van der Waals surface area (Å²) in [5.74, 6) is 1.17. The number of methoxy groups -OCH3 is 1. The van der Waals surface area contributed by atoms with E-state index in [1.54, 1.807) is 54.1 Å². The molecule has 2 fully saturated rings. The Morgan fingerprint density at radius 3 is 2.50 bits per heavy atom. The largest absolute Gasteiger partial charge is 0.494 e. The van der Waals surface area contributed by atoms with Crippen molar-refractivity contribution in [3.8, 4) is 5.75 Å². The van der Waals surface area contributed by atoms with Crippen molar-refractivity contribution in [1.82, 2.24) is 25.5 Å². The van der Waals surface area contributed by atoms with Crippen LogP contribution < -0.4 is 36.2 Å². The van der Waals surface area contributed by atoms with Crippen LogP contribution in [0, 0.1) is 0 Å². The Balaban J connectivity index is 0.839. The number of thioether (sulfide) groups is 1. The number of ether oxygens (including phenoxy) is 1. The Hall–Kier alpha value is -5.19. The van der Waals surface area contributed by atoms with Crippen LogP contribution in [-0.4, -0.2) is 90.8 Å². The molecule has 1 unspecified atom stereocenters. The molecule has 3 aliphatic rings. The molecule has 0 radical (unpaired) electrons. The monoisotopic (exact) mass is 904 g/mol. The molecule has 3 aromatic carbocycles. The fourth-order valence-electron chi connectivity index (χ4n) is 7.85. The first-order valence-corrected chi connectivity index (χ1v) is 23.4. The number of para-hydroxylation sites is 1. The SMILES string of the molecule is COc1cc(N2CCC(NC(=O)CCCCCSc3cccc4c3CN(C3CCC(=O)NC3=O)C4=O)CC2)ccc1Nc1ncc(Cl)c(Nc2ccccc2P(=O)(OC)OC)n1. The number of nitrogens with zero attached hydrogens (tertiary/aromatic N) is 4. The quantitative estimate of drug-likeness (QED) is 0.0347. The van der Waals surface area contributed by atoms with Crippen molar-refractivity contribution < 1.29 is 37.5 Å². The van der Waals surface area contributed by atoms with Gasteiger partial charge in [-0.25, -0.2) is 4.98 Å². The number of hydrogen-bond donors (Lipinski definition) is 4. The number of rotatable bonds is 18. The van der Waals surface area contributed by atoms with Gasteiger partial charge in [0.15, 0.2) is 5.82 Å². The number of aromatic nitrogens is 2. The molecule has 0 spiro atoms. The second-order valence-electron chi connectivity index (χ2n) is 15.1. The smallest absolute Gasteiger partial charge is 0.362 e. The Morgan fingerprint density at radius 2 is 1.74 bits per heavy atom. The van der Waals surface area contributed by atoms with E-state index in [-0.39, 0.29) is 47.0 Å². The van der Waals surface area contributed by atoms with Gasteiger partial charge in [0.1, 0.15) is 16.8 Å². The first kappa shape index (κ1) is 44.9. The molecule has 16 nitrogen and oxygen atoms in total. The van der Waals surface area contributed by atoms with Gasteiger partial charge in [0, 0.05) is 75.0 Å². The number of unbranched alkanes of at least 4 members (excludes halogenated alkanes) is 2. The minimum Gasteiger partial charge on any atom is -0.494 e. The summed E-state index contributed by atoms with van der Waals surface area (Å²) < 4.78 is 29.3. The molecule has 4 N–H and O–H groups in total. The molecule has 0 saturated carbocycles. The zero-order valence-electron chi connectivity index (χ0n) is 34.8. The summed E-state index contributed by atoms with van der Waals surface area (Å²) in [6, 6.07) is 17.9. The number of halogens is 1. The molecule has 328 valence electrons. The van der Waals surface area contributed by atoms with E-state index in [9.17, 15) is 23.7 Å². The van der Waals surface area contributed by atoms with E-state index < -0.39 is 19.5 Å². The lowest BCUT2D eigenvalue weighted by Crippen LogP contribution is -2.52. The molecular weight excluding hydrogens is 855 g/mol. The van der Waals surface area contributed by atoms with Crippen LogP contribution in [-0.2, 0) is 34.5 Å². The van der Waals surface area contributed by atoms with Crippen LogP contribution in [0.5, 0.6) is 5.75 Å². The lowest BCUT2D eigenvalue weighted by molar-refractivity contribution is -0.137. The molecule has 4 aromatic rings. The van der Waals surface area contributed by atoms with Crippen molar-refractivity contribution in [2.75, 3.05) is 55.7 Å². The number of nitrogens with one attached hydrogen (secondary N) is 4. The fraction of sp³-hybridized carbons (Fsp3) is 0.395. The lowest BCUT2D eigenvalue weighted by Gasteiger charge is -2.34.